The van der Waals surface area contributed by atoms with Gasteiger partial charge in [0, 0.05) is 17.8 Å². The minimum atomic E-state index is -0.596. The summed E-state index contributed by atoms with van der Waals surface area (Å²) in [7, 11) is 1.45. The third-order valence-corrected chi connectivity index (χ3v) is 3.11. The molecule has 1 amide bonds. The zero-order valence-electron chi connectivity index (χ0n) is 13.7. The van der Waals surface area contributed by atoms with Gasteiger partial charge in [0.25, 0.3) is 11.9 Å². The molecule has 0 aliphatic heterocycles. The van der Waals surface area contributed by atoms with Crippen molar-refractivity contribution in [2.45, 2.75) is 6.92 Å². The van der Waals surface area contributed by atoms with Gasteiger partial charge in [-0.05, 0) is 37.3 Å². The van der Waals surface area contributed by atoms with Crippen molar-refractivity contribution < 1.29 is 23.5 Å². The molecule has 0 aliphatic carbocycles. The van der Waals surface area contributed by atoms with Crippen molar-refractivity contribution in [3.63, 3.8) is 0 Å². The van der Waals surface area contributed by atoms with Crippen LogP contribution in [0.5, 0.6) is 5.95 Å². The molecule has 0 bridgehead atoms. The Labute approximate surface area is 144 Å². The van der Waals surface area contributed by atoms with E-state index in [1.54, 1.807) is 31.2 Å². The Morgan fingerprint density at radius 1 is 1.24 bits per heavy atom. The molecular formula is C18H16N2O5. The Kier molecular flexibility index (Phi) is 5.96. The lowest BCUT2D eigenvalue weighted by Crippen LogP contribution is -2.13. The number of nitrogens with one attached hydrogen (secondary N) is 1. The van der Waals surface area contributed by atoms with Crippen LogP contribution in [0.15, 0.2) is 46.4 Å². The van der Waals surface area contributed by atoms with Crippen molar-refractivity contribution in [1.82, 2.24) is 0 Å². The van der Waals surface area contributed by atoms with Crippen LogP contribution in [0.4, 0.5) is 5.69 Å². The molecule has 0 unspecified atom stereocenters. The molecule has 0 atom stereocenters. The maximum atomic E-state index is 12.2. The highest BCUT2D eigenvalue weighted by Gasteiger charge is 2.12. The Bertz CT molecular complexity index is 828. The molecule has 0 fully saturated rings. The van der Waals surface area contributed by atoms with Crippen molar-refractivity contribution in [1.29, 1.82) is 5.26 Å². The predicted octanol–water partition coefficient (Wildman–Crippen LogP) is 3.01. The number of furan rings is 1. The van der Waals surface area contributed by atoms with E-state index in [1.807, 2.05) is 6.07 Å². The summed E-state index contributed by atoms with van der Waals surface area (Å²) in [5.41, 5.74) is 0.682. The average molecular weight is 340 g/mol. The van der Waals surface area contributed by atoms with Crippen LogP contribution in [0.1, 0.15) is 23.0 Å². The number of ether oxygens (including phenoxy) is 2. The third kappa shape index (κ3) is 4.72. The van der Waals surface area contributed by atoms with E-state index in [9.17, 15) is 9.59 Å². The van der Waals surface area contributed by atoms with E-state index in [-0.39, 0.29) is 18.1 Å². The van der Waals surface area contributed by atoms with Gasteiger partial charge in [0.1, 0.15) is 17.4 Å². The van der Waals surface area contributed by atoms with E-state index in [0.717, 1.165) is 0 Å². The number of benzene rings is 1. The van der Waals surface area contributed by atoms with E-state index >= 15 is 0 Å². The fourth-order valence-corrected chi connectivity index (χ4v) is 1.92. The lowest BCUT2D eigenvalue weighted by atomic mass is 10.2. The number of carbonyl (C=O) groups excluding carboxylic acids is 2. The van der Waals surface area contributed by atoms with Gasteiger partial charge in [0.05, 0.1) is 19.3 Å². The minimum Gasteiger partial charge on any atom is -0.468 e. The summed E-state index contributed by atoms with van der Waals surface area (Å²) >= 11 is 0. The quantitative estimate of drug-likeness (QED) is 0.493. The van der Waals surface area contributed by atoms with Gasteiger partial charge < -0.3 is 19.2 Å². The third-order valence-electron chi connectivity index (χ3n) is 3.11. The summed E-state index contributed by atoms with van der Waals surface area (Å²) in [5.74, 6) is -0.439. The van der Waals surface area contributed by atoms with Crippen LogP contribution in [0, 0.1) is 11.3 Å². The maximum absolute atomic E-state index is 12.2. The first-order chi connectivity index (χ1) is 12.1. The molecule has 128 valence electrons. The van der Waals surface area contributed by atoms with Crippen molar-refractivity contribution in [2.75, 3.05) is 19.0 Å². The second-order valence-corrected chi connectivity index (χ2v) is 4.78. The maximum Gasteiger partial charge on any atom is 0.338 e. The van der Waals surface area contributed by atoms with E-state index in [4.69, 9.17) is 19.2 Å². The monoisotopic (exact) mass is 340 g/mol. The van der Waals surface area contributed by atoms with Gasteiger partial charge in [-0.1, -0.05) is 0 Å². The number of hydrogen-bond acceptors (Lipinski definition) is 6. The molecule has 0 spiro atoms. The predicted molar refractivity (Wildman–Crippen MR) is 89.9 cm³/mol. The molecule has 0 aliphatic rings. The van der Waals surface area contributed by atoms with E-state index in [2.05, 4.69) is 5.32 Å². The molecular weight excluding hydrogens is 324 g/mol. The number of hydrogen-bond donors (Lipinski definition) is 1. The highest BCUT2D eigenvalue weighted by atomic mass is 16.6. The number of anilines is 1. The van der Waals surface area contributed by atoms with Crippen LogP contribution in [-0.2, 0) is 9.53 Å². The number of amides is 1. The van der Waals surface area contributed by atoms with Gasteiger partial charge in [0.2, 0.25) is 0 Å². The first kappa shape index (κ1) is 17.8. The van der Waals surface area contributed by atoms with Crippen LogP contribution < -0.4 is 10.1 Å². The number of methoxy groups -OCH3 is 1. The van der Waals surface area contributed by atoms with Crippen LogP contribution in [-0.4, -0.2) is 25.6 Å². The van der Waals surface area contributed by atoms with Gasteiger partial charge in [-0.25, -0.2) is 4.79 Å². The lowest BCUT2D eigenvalue weighted by Gasteiger charge is -2.05. The Balaban J connectivity index is 2.09. The summed E-state index contributed by atoms with van der Waals surface area (Å²) < 4.78 is 15.0. The van der Waals surface area contributed by atoms with Crippen LogP contribution >= 0.6 is 0 Å². The smallest absolute Gasteiger partial charge is 0.338 e. The number of nitriles is 1. The van der Waals surface area contributed by atoms with Gasteiger partial charge in [0.15, 0.2) is 0 Å². The van der Waals surface area contributed by atoms with Crippen molar-refractivity contribution in [2.24, 2.45) is 0 Å². The molecule has 25 heavy (non-hydrogen) atoms. The molecule has 0 saturated heterocycles. The number of carbonyl (C=O) groups is 2. The van der Waals surface area contributed by atoms with Crippen molar-refractivity contribution in [3.05, 3.63) is 53.3 Å². The topological polar surface area (TPSA) is 102 Å². The molecule has 2 rings (SSSR count). The van der Waals surface area contributed by atoms with Gasteiger partial charge in [-0.2, -0.15) is 5.26 Å². The van der Waals surface area contributed by atoms with E-state index in [1.165, 1.54) is 25.3 Å². The number of rotatable bonds is 6. The molecule has 7 heteroatoms. The Hall–Kier alpha value is -3.53. The van der Waals surface area contributed by atoms with Crippen molar-refractivity contribution in [3.8, 4) is 12.0 Å². The molecule has 0 radical (unpaired) electrons. The summed E-state index contributed by atoms with van der Waals surface area (Å²) in [5, 5.41) is 11.7. The van der Waals surface area contributed by atoms with Crippen LogP contribution in [0.2, 0.25) is 0 Å². The van der Waals surface area contributed by atoms with Gasteiger partial charge >= 0.3 is 5.97 Å². The molecule has 2 aromatic rings. The number of nitrogens with zero attached hydrogens (tertiary/aromatic N) is 1. The van der Waals surface area contributed by atoms with Crippen molar-refractivity contribution >= 4 is 23.6 Å². The Morgan fingerprint density at radius 3 is 2.52 bits per heavy atom. The fraction of sp³-hybridized carbons (Fsp3) is 0.167. The summed E-state index contributed by atoms with van der Waals surface area (Å²) in [6, 6.07) is 11.1. The SMILES string of the molecule is CCOC(=O)c1ccc(NC(=O)/C(C#N)=C/c2ccc(OC)o2)cc1. The zero-order valence-corrected chi connectivity index (χ0v) is 13.7. The van der Waals surface area contributed by atoms with E-state index in [0.29, 0.717) is 17.0 Å². The molecule has 0 saturated carbocycles. The second kappa shape index (κ2) is 8.36. The molecule has 1 heterocycles. The average Bonchev–Trinajstić information content (AvgIpc) is 3.08. The summed E-state index contributed by atoms with van der Waals surface area (Å²) in [6.07, 6.45) is 1.31. The van der Waals surface area contributed by atoms with E-state index < -0.39 is 11.9 Å². The first-order valence-electron chi connectivity index (χ1n) is 7.41. The van der Waals surface area contributed by atoms with Crippen LogP contribution in [0.25, 0.3) is 6.08 Å². The zero-order chi connectivity index (χ0) is 18.2. The standard InChI is InChI=1S/C18H16N2O5/c1-3-24-18(22)12-4-6-14(7-5-12)20-17(21)13(11-19)10-15-8-9-16(23-2)25-15/h4-10H,3H2,1-2H3,(H,20,21)/b13-10+. The first-order valence-corrected chi connectivity index (χ1v) is 7.41. The Morgan fingerprint density at radius 2 is 1.96 bits per heavy atom. The molecule has 1 N–H and O–H groups in total. The second-order valence-electron chi connectivity index (χ2n) is 4.78. The summed E-state index contributed by atoms with van der Waals surface area (Å²) in [6.45, 7) is 2.00. The molecule has 1 aromatic heterocycles. The highest BCUT2D eigenvalue weighted by Crippen LogP contribution is 2.18. The largest absolute Gasteiger partial charge is 0.468 e. The lowest BCUT2D eigenvalue weighted by molar-refractivity contribution is -0.112. The number of esters is 1. The van der Waals surface area contributed by atoms with Gasteiger partial charge in [-0.3, -0.25) is 4.79 Å². The highest BCUT2D eigenvalue weighted by molar-refractivity contribution is 6.09. The normalized spacial score (nSPS) is 10.7. The summed E-state index contributed by atoms with van der Waals surface area (Å²) in [4.78, 5) is 23.8. The minimum absolute atomic E-state index is 0.133. The van der Waals surface area contributed by atoms with Crippen LogP contribution in [0.3, 0.4) is 0 Å². The molecule has 1 aromatic carbocycles. The molecule has 7 nitrogen and oxygen atoms in total. The fourth-order valence-electron chi connectivity index (χ4n) is 1.92. The van der Waals surface area contributed by atoms with Gasteiger partial charge in [-0.15, -0.1) is 0 Å².